The van der Waals surface area contributed by atoms with Crippen LogP contribution in [0.5, 0.6) is 0 Å². The molecule has 0 bridgehead atoms. The summed E-state index contributed by atoms with van der Waals surface area (Å²) in [5.41, 5.74) is 0. The highest BCUT2D eigenvalue weighted by Crippen LogP contribution is 2.09. The van der Waals surface area contributed by atoms with Gasteiger partial charge in [0.25, 0.3) is 0 Å². The van der Waals surface area contributed by atoms with Gasteiger partial charge in [0.1, 0.15) is 0 Å². The van der Waals surface area contributed by atoms with Crippen LogP contribution in [0.25, 0.3) is 0 Å². The largest absolute Gasteiger partial charge is 0.236 e. The number of carbonyl (C=O) groups excluding carboxylic acids is 2. The van der Waals surface area contributed by atoms with Crippen LogP contribution < -0.4 is 0 Å². The van der Waals surface area contributed by atoms with Crippen LogP contribution in [0.15, 0.2) is 9.98 Å². The second-order valence-corrected chi connectivity index (χ2v) is 4.47. The molecule has 0 aliphatic rings. The van der Waals surface area contributed by atoms with E-state index in [-0.39, 0.29) is 6.67 Å². The molecule has 0 aliphatic heterocycles. The molecule has 0 amide bonds. The second-order valence-electron chi connectivity index (χ2n) is 4.47. The topological polar surface area (TPSA) is 58.9 Å². The lowest BCUT2D eigenvalue weighted by Gasteiger charge is -1.99. The van der Waals surface area contributed by atoms with E-state index in [1.807, 2.05) is 0 Å². The quantitative estimate of drug-likeness (QED) is 0.314. The number of isocyanates is 2. The standard InChI is InChI=1S/C12H26.C3H2N2O2/c1-3-5-7-9-11-12-10-8-6-4-2;6-2-4-1-5-3-7/h3-12H2,1-2H3;1H2. The fourth-order valence-corrected chi connectivity index (χ4v) is 1.65. The molecule has 0 rings (SSSR count). The smallest absolute Gasteiger partial charge is 0.211 e. The molecule has 0 spiro atoms. The zero-order valence-corrected chi connectivity index (χ0v) is 12.5. The lowest BCUT2D eigenvalue weighted by Crippen LogP contribution is -1.80. The van der Waals surface area contributed by atoms with Crippen LogP contribution in [0, 0.1) is 0 Å². The van der Waals surface area contributed by atoms with Gasteiger partial charge in [-0.15, -0.1) is 0 Å². The van der Waals surface area contributed by atoms with Crippen molar-refractivity contribution in [3.05, 3.63) is 0 Å². The van der Waals surface area contributed by atoms with Gasteiger partial charge in [-0.2, -0.15) is 9.98 Å². The molecular formula is C15H28N2O2. The predicted molar refractivity (Wildman–Crippen MR) is 78.6 cm³/mol. The van der Waals surface area contributed by atoms with Crippen LogP contribution >= 0.6 is 0 Å². The Kier molecular flexibility index (Phi) is 23.2. The van der Waals surface area contributed by atoms with Gasteiger partial charge >= 0.3 is 0 Å². The van der Waals surface area contributed by atoms with Crippen molar-refractivity contribution in [1.82, 2.24) is 0 Å². The van der Waals surface area contributed by atoms with Crippen molar-refractivity contribution >= 4 is 12.2 Å². The van der Waals surface area contributed by atoms with E-state index in [4.69, 9.17) is 0 Å². The van der Waals surface area contributed by atoms with Crippen molar-refractivity contribution < 1.29 is 9.59 Å². The number of unbranched alkanes of at least 4 members (excludes halogenated alkanes) is 9. The van der Waals surface area contributed by atoms with Gasteiger partial charge in [-0.05, 0) is 0 Å². The number of hydrogen-bond donors (Lipinski definition) is 0. The highest BCUT2D eigenvalue weighted by Gasteiger charge is 1.90. The molecule has 0 saturated heterocycles. The maximum Gasteiger partial charge on any atom is 0.236 e. The fourth-order valence-electron chi connectivity index (χ4n) is 1.65. The van der Waals surface area contributed by atoms with Crippen LogP contribution in [0.2, 0.25) is 0 Å². The minimum atomic E-state index is -0.160. The summed E-state index contributed by atoms with van der Waals surface area (Å²) in [7, 11) is 0. The molecule has 0 fully saturated rings. The van der Waals surface area contributed by atoms with Gasteiger partial charge in [0.2, 0.25) is 12.2 Å². The Morgan fingerprint density at radius 2 is 0.947 bits per heavy atom. The maximum atomic E-state index is 9.20. The number of nitrogens with zero attached hydrogens (tertiary/aromatic N) is 2. The summed E-state index contributed by atoms with van der Waals surface area (Å²) >= 11 is 0. The molecule has 4 heteroatoms. The third-order valence-corrected chi connectivity index (χ3v) is 2.73. The summed E-state index contributed by atoms with van der Waals surface area (Å²) in [6.07, 6.45) is 16.9. The molecule has 19 heavy (non-hydrogen) atoms. The number of hydrogen-bond acceptors (Lipinski definition) is 4. The molecule has 0 aromatic heterocycles. The first-order chi connectivity index (χ1) is 9.33. The number of rotatable bonds is 11. The summed E-state index contributed by atoms with van der Waals surface area (Å²) in [4.78, 5) is 24.2. The van der Waals surface area contributed by atoms with E-state index in [1.165, 1.54) is 76.4 Å². The van der Waals surface area contributed by atoms with Gasteiger partial charge < -0.3 is 0 Å². The molecule has 0 unspecified atom stereocenters. The van der Waals surface area contributed by atoms with Gasteiger partial charge in [0.15, 0.2) is 6.67 Å². The van der Waals surface area contributed by atoms with Crippen molar-refractivity contribution in [2.45, 2.75) is 78.1 Å². The van der Waals surface area contributed by atoms with E-state index >= 15 is 0 Å². The summed E-state index contributed by atoms with van der Waals surface area (Å²) in [6, 6.07) is 0. The molecule has 0 heterocycles. The molecular weight excluding hydrogens is 240 g/mol. The summed E-state index contributed by atoms with van der Waals surface area (Å²) in [6.45, 7) is 4.40. The van der Waals surface area contributed by atoms with E-state index in [2.05, 4.69) is 23.8 Å². The van der Waals surface area contributed by atoms with Crippen molar-refractivity contribution in [2.75, 3.05) is 6.67 Å². The predicted octanol–water partition coefficient (Wildman–Crippen LogP) is 4.54. The highest BCUT2D eigenvalue weighted by molar-refractivity contribution is 5.35. The monoisotopic (exact) mass is 268 g/mol. The van der Waals surface area contributed by atoms with E-state index in [0.717, 1.165) is 0 Å². The Labute approximate surface area is 117 Å². The van der Waals surface area contributed by atoms with Crippen LogP contribution in [0.4, 0.5) is 0 Å². The Hall–Kier alpha value is -1.24. The lowest BCUT2D eigenvalue weighted by atomic mass is 10.1. The molecule has 0 N–H and O–H groups in total. The Bertz CT molecular complexity index is 229. The first-order valence-corrected chi connectivity index (χ1v) is 7.40. The lowest BCUT2D eigenvalue weighted by molar-refractivity contribution is 0.560. The fraction of sp³-hybridized carbons (Fsp3) is 0.867. The van der Waals surface area contributed by atoms with Gasteiger partial charge in [-0.25, -0.2) is 9.59 Å². The Morgan fingerprint density at radius 1 is 0.632 bits per heavy atom. The van der Waals surface area contributed by atoms with Crippen LogP contribution in [0.1, 0.15) is 78.1 Å². The van der Waals surface area contributed by atoms with E-state index in [1.54, 1.807) is 0 Å². The molecule has 0 radical (unpaired) electrons. The first kappa shape index (κ1) is 20.1. The van der Waals surface area contributed by atoms with Crippen molar-refractivity contribution in [2.24, 2.45) is 9.98 Å². The van der Waals surface area contributed by atoms with E-state index in [0.29, 0.717) is 0 Å². The zero-order valence-electron chi connectivity index (χ0n) is 12.5. The van der Waals surface area contributed by atoms with Gasteiger partial charge in [-0.1, -0.05) is 78.1 Å². The van der Waals surface area contributed by atoms with Crippen LogP contribution in [0.3, 0.4) is 0 Å². The highest BCUT2D eigenvalue weighted by atomic mass is 16.1. The van der Waals surface area contributed by atoms with Gasteiger partial charge in [0, 0.05) is 0 Å². The minimum Gasteiger partial charge on any atom is -0.211 e. The van der Waals surface area contributed by atoms with Gasteiger partial charge in [0.05, 0.1) is 0 Å². The molecule has 0 saturated carbocycles. The average Bonchev–Trinajstić information content (AvgIpc) is 2.43. The summed E-state index contributed by atoms with van der Waals surface area (Å²) in [5.74, 6) is 0. The molecule has 4 nitrogen and oxygen atoms in total. The van der Waals surface area contributed by atoms with Crippen LogP contribution in [-0.2, 0) is 9.59 Å². The second kappa shape index (κ2) is 22.0. The third-order valence-electron chi connectivity index (χ3n) is 2.73. The third kappa shape index (κ3) is 26.4. The first-order valence-electron chi connectivity index (χ1n) is 7.40. The summed E-state index contributed by atoms with van der Waals surface area (Å²) in [5, 5.41) is 0. The van der Waals surface area contributed by atoms with Crippen molar-refractivity contribution in [3.8, 4) is 0 Å². The maximum absolute atomic E-state index is 9.20. The zero-order chi connectivity index (χ0) is 14.6. The SMILES string of the molecule is CCCCCCCCCCCC.O=C=NCN=C=O. The molecule has 0 aliphatic carbocycles. The van der Waals surface area contributed by atoms with Crippen molar-refractivity contribution in [1.29, 1.82) is 0 Å². The van der Waals surface area contributed by atoms with E-state index < -0.39 is 0 Å². The van der Waals surface area contributed by atoms with Crippen LogP contribution in [-0.4, -0.2) is 18.8 Å². The average molecular weight is 268 g/mol. The van der Waals surface area contributed by atoms with Gasteiger partial charge in [-0.3, -0.25) is 0 Å². The summed E-state index contributed by atoms with van der Waals surface area (Å²) < 4.78 is 0. The Balaban J connectivity index is 0. The molecule has 0 aromatic rings. The van der Waals surface area contributed by atoms with Crippen molar-refractivity contribution in [3.63, 3.8) is 0 Å². The minimum absolute atomic E-state index is 0.160. The molecule has 0 aromatic carbocycles. The normalized spacial score (nSPS) is 8.74. The molecule has 110 valence electrons. The Morgan fingerprint density at radius 3 is 1.21 bits per heavy atom. The number of aliphatic imine (C=N–C) groups is 2. The molecule has 0 atom stereocenters. The van der Waals surface area contributed by atoms with E-state index in [9.17, 15) is 9.59 Å².